The molecule has 542 valence electrons. The summed E-state index contributed by atoms with van der Waals surface area (Å²) in [5.41, 5.74) is 8.13. The van der Waals surface area contributed by atoms with Crippen molar-refractivity contribution in [3.8, 4) is 23.2 Å². The van der Waals surface area contributed by atoms with E-state index < -0.39 is 91.1 Å². The first-order chi connectivity index (χ1) is 48.1. The Morgan fingerprint density at radius 2 is 1.50 bits per heavy atom. The molecule has 0 spiro atoms. The van der Waals surface area contributed by atoms with Gasteiger partial charge < -0.3 is 91.1 Å². The number of primary amides is 1. The summed E-state index contributed by atoms with van der Waals surface area (Å²) >= 11 is 0. The van der Waals surface area contributed by atoms with Crippen LogP contribution in [0.1, 0.15) is 136 Å². The minimum Gasteiger partial charge on any atom is -0.445 e. The topological polar surface area (TPSA) is 396 Å². The third kappa shape index (κ3) is 21.5. The maximum atomic E-state index is 15.4. The third-order valence-electron chi connectivity index (χ3n) is 17.7. The van der Waals surface area contributed by atoms with Crippen LogP contribution in [0.25, 0.3) is 22.3 Å². The number of aryl methyl sites for hydroxylation is 1. The number of anilines is 1. The quantitative estimate of drug-likeness (QED) is 0.0154. The molecule has 100 heavy (non-hydrogen) atoms. The Labute approximate surface area is 578 Å². The molecule has 11 N–H and O–H groups in total. The molecule has 1 unspecified atom stereocenters. The molecular weight excluding hydrogens is 1300 g/mol. The number of aliphatic hydroxyl groups is 1. The van der Waals surface area contributed by atoms with Crippen LogP contribution in [0, 0.1) is 30.5 Å². The van der Waals surface area contributed by atoms with Crippen LogP contribution in [0.4, 0.5) is 19.7 Å². The largest absolute Gasteiger partial charge is 0.445 e. The van der Waals surface area contributed by atoms with Crippen LogP contribution in [0.2, 0.25) is 0 Å². The zero-order valence-corrected chi connectivity index (χ0v) is 57.1. The third-order valence-corrected chi connectivity index (χ3v) is 17.7. The molecule has 3 aliphatic carbocycles. The molecule has 0 saturated heterocycles. The number of hydrogen-bond donors (Lipinski definition) is 10. The molecule has 5 atom stereocenters. The second-order valence-electron chi connectivity index (χ2n) is 25.1. The van der Waals surface area contributed by atoms with Crippen LogP contribution in [-0.2, 0) is 98.3 Å². The van der Waals surface area contributed by atoms with Gasteiger partial charge in [0, 0.05) is 66.2 Å². The van der Waals surface area contributed by atoms with Crippen molar-refractivity contribution in [1.82, 2.24) is 46.8 Å². The number of nitrogens with zero attached hydrogens (tertiary/aromatic N) is 2. The highest BCUT2D eigenvalue weighted by Crippen LogP contribution is 2.46. The first kappa shape index (κ1) is 76.8. The van der Waals surface area contributed by atoms with Gasteiger partial charge in [-0.15, -0.1) is 5.92 Å². The van der Waals surface area contributed by atoms with Crippen molar-refractivity contribution in [2.24, 2.45) is 11.7 Å². The lowest BCUT2D eigenvalue weighted by Gasteiger charge is -2.32. The molecule has 1 aliphatic heterocycles. The fraction of sp³-hybridized carbons (Fsp3) is 0.557. The second kappa shape index (κ2) is 38.0. The number of urea groups is 1. The smallest absolute Gasteiger partial charge is 0.407 e. The number of aromatic nitrogens is 2. The average Bonchev–Trinajstić information content (AvgIpc) is 1.50. The van der Waals surface area contributed by atoms with Gasteiger partial charge in [-0.05, 0) is 111 Å². The molecule has 0 radical (unpaired) electrons. The van der Waals surface area contributed by atoms with Crippen molar-refractivity contribution >= 4 is 69.9 Å². The molecule has 0 saturated carbocycles. The van der Waals surface area contributed by atoms with E-state index in [1.54, 1.807) is 62.6 Å². The first-order valence-electron chi connectivity index (χ1n) is 34.1. The number of benzene rings is 2. The van der Waals surface area contributed by atoms with Crippen LogP contribution in [0.3, 0.4) is 0 Å². The standard InChI is InChI=1S/C70H92FN11O18/c1-5-70(93)50-34-55-64-49(37-82(55)67(90)48(50)20-22-56(70)83)62-52(21-19-47-43(4)51(71)35-54(79-64)61(47)62)78-60(87)39-98-41-76-58(85)36-75-69(92)100-38-44-15-17-45(18-16-44)77-65(88)53(14-11-24-74-68(72)91)80-66(89)63(42(2)3)81-57(84)23-26-94-28-30-96-32-33-97-31-29-95-27-25-73-59(86)40-99-46-12-9-7-6-8-10-13-46/h15-18,34-35,42,46,52-53,63,93H,5-9,11-12,14,19-33,36-41H2,1-4H3,(H,73,86)(H,75,92)(H,76,85)(H,77,88)(H,78,87)(H,80,89)(H,81,84)(H3,72,74,91)/t46?,52-,53-,63+,70-/m0/s1. The van der Waals surface area contributed by atoms with E-state index in [0.29, 0.717) is 108 Å². The second-order valence-corrected chi connectivity index (χ2v) is 25.1. The SMILES string of the molecule is CC[C@@]1(O)C(=O)CCc2c1cc1n(c2=O)Cc2c-1nc1cc(F)c(C)c3c1c2[C@@H](NC(=O)COCNC(=O)CNC(=O)OCc1ccc(NC(=O)[C@H](CCCNC(N)=O)NC(=O)[C@H](NC(=O)CCOCCOCCOCCOCCNC(=O)COC2C#CCCCCC2)C(C)C)cc1)CC3. The van der Waals surface area contributed by atoms with E-state index in [9.17, 15) is 53.1 Å². The van der Waals surface area contributed by atoms with Gasteiger partial charge in [-0.1, -0.05) is 45.2 Å². The molecule has 8 rings (SSSR count). The van der Waals surface area contributed by atoms with Gasteiger partial charge >= 0.3 is 12.1 Å². The van der Waals surface area contributed by atoms with E-state index in [4.69, 9.17) is 43.9 Å². The maximum Gasteiger partial charge on any atom is 0.407 e. The molecule has 29 nitrogen and oxygen atoms in total. The van der Waals surface area contributed by atoms with Gasteiger partial charge in [-0.2, -0.15) is 0 Å². The Hall–Kier alpha value is -8.96. The summed E-state index contributed by atoms with van der Waals surface area (Å²) in [6.45, 7) is 7.93. The number of carbonyl (C=O) groups excluding carboxylic acids is 9. The summed E-state index contributed by atoms with van der Waals surface area (Å²) in [6.07, 6.45) is 5.19. The van der Waals surface area contributed by atoms with Crippen molar-refractivity contribution in [3.05, 3.63) is 91.5 Å². The van der Waals surface area contributed by atoms with E-state index in [0.717, 1.165) is 37.7 Å². The number of pyridine rings is 2. The van der Waals surface area contributed by atoms with Crippen LogP contribution in [-0.4, -0.2) is 179 Å². The van der Waals surface area contributed by atoms with Crippen LogP contribution in [0.5, 0.6) is 0 Å². The van der Waals surface area contributed by atoms with Crippen molar-refractivity contribution in [3.63, 3.8) is 0 Å². The fourth-order valence-corrected chi connectivity index (χ4v) is 12.3. The highest BCUT2D eigenvalue weighted by Gasteiger charge is 2.44. The van der Waals surface area contributed by atoms with E-state index in [1.165, 1.54) is 6.07 Å². The molecule has 4 aliphatic rings. The number of nitrogens with one attached hydrogen (secondary N) is 8. The summed E-state index contributed by atoms with van der Waals surface area (Å²) < 4.78 is 55.5. The number of halogens is 1. The van der Waals surface area contributed by atoms with Crippen molar-refractivity contribution in [1.29, 1.82) is 0 Å². The summed E-state index contributed by atoms with van der Waals surface area (Å²) in [5.74, 6) is 1.90. The van der Waals surface area contributed by atoms with Gasteiger partial charge in [0.15, 0.2) is 5.78 Å². The van der Waals surface area contributed by atoms with Gasteiger partial charge in [0.25, 0.3) is 5.56 Å². The number of Topliss-reactive ketones (excluding diaryl/α,β-unsaturated/α-hetero) is 1. The average molecular weight is 1390 g/mol. The molecule has 30 heteroatoms. The van der Waals surface area contributed by atoms with Gasteiger partial charge in [0.1, 0.15) is 62.7 Å². The molecule has 0 bridgehead atoms. The first-order valence-corrected chi connectivity index (χ1v) is 34.1. The predicted molar refractivity (Wildman–Crippen MR) is 361 cm³/mol. The number of ether oxygens (including phenoxy) is 7. The van der Waals surface area contributed by atoms with Gasteiger partial charge in [0.05, 0.1) is 82.3 Å². The van der Waals surface area contributed by atoms with Gasteiger partial charge in [0.2, 0.25) is 35.4 Å². The molecule has 9 amide bonds. The van der Waals surface area contributed by atoms with E-state index in [-0.39, 0.29) is 119 Å². The number of nitrogens with two attached hydrogens (primary N) is 1. The molecule has 2 aromatic carbocycles. The zero-order chi connectivity index (χ0) is 71.7. The number of carbonyl (C=O) groups is 9. The van der Waals surface area contributed by atoms with Gasteiger partial charge in [-0.3, -0.25) is 38.4 Å². The lowest BCUT2D eigenvalue weighted by Crippen LogP contribution is -2.54. The Balaban J connectivity index is 0.696. The van der Waals surface area contributed by atoms with Crippen molar-refractivity contribution in [2.75, 3.05) is 97.8 Å². The number of ketones is 1. The zero-order valence-electron chi connectivity index (χ0n) is 57.1. The Bertz CT molecular complexity index is 3730. The Kier molecular flexibility index (Phi) is 29.2. The number of hydrogen-bond acceptors (Lipinski definition) is 19. The van der Waals surface area contributed by atoms with Crippen LogP contribution < -0.4 is 53.8 Å². The van der Waals surface area contributed by atoms with E-state index in [2.05, 4.69) is 54.4 Å². The number of fused-ring (bicyclic) bond motifs is 5. The predicted octanol–water partition coefficient (Wildman–Crippen LogP) is 3.04. The molecule has 2 aromatic heterocycles. The summed E-state index contributed by atoms with van der Waals surface area (Å²) in [7, 11) is 0. The number of alkyl carbamates (subject to hydrolysis) is 1. The minimum atomic E-state index is -1.83. The summed E-state index contributed by atoms with van der Waals surface area (Å²) in [5, 5.41) is 33.4. The number of rotatable bonds is 38. The highest BCUT2D eigenvalue weighted by atomic mass is 19.1. The molecule has 3 heterocycles. The summed E-state index contributed by atoms with van der Waals surface area (Å²) in [6, 6.07) is 5.73. The lowest BCUT2D eigenvalue weighted by atomic mass is 9.77. The normalized spacial score (nSPS) is 17.2. The Morgan fingerprint density at radius 1 is 0.770 bits per heavy atom. The monoisotopic (exact) mass is 1390 g/mol. The fourth-order valence-electron chi connectivity index (χ4n) is 12.3. The Morgan fingerprint density at radius 3 is 2.22 bits per heavy atom. The minimum absolute atomic E-state index is 0.0255. The van der Waals surface area contributed by atoms with Crippen molar-refractivity contribution < 1.29 is 85.8 Å². The van der Waals surface area contributed by atoms with Crippen LogP contribution in [0.15, 0.2) is 41.2 Å². The van der Waals surface area contributed by atoms with Crippen molar-refractivity contribution in [2.45, 2.75) is 154 Å². The van der Waals surface area contributed by atoms with E-state index >= 15 is 4.39 Å². The summed E-state index contributed by atoms with van der Waals surface area (Å²) in [4.78, 5) is 134. The van der Waals surface area contributed by atoms with E-state index in [1.807, 2.05) is 0 Å². The lowest BCUT2D eigenvalue weighted by molar-refractivity contribution is -0.140. The molecule has 0 fully saturated rings. The van der Waals surface area contributed by atoms with Gasteiger partial charge in [-0.25, -0.2) is 19.0 Å². The molecular formula is C70H92FN11O18. The maximum absolute atomic E-state index is 15.4. The number of amides is 9. The molecule has 4 aromatic rings. The van der Waals surface area contributed by atoms with Crippen LogP contribution >= 0.6 is 0 Å². The highest BCUT2D eigenvalue weighted by molar-refractivity contribution is 5.99.